The normalized spacial score (nSPS) is 19.2. The van der Waals surface area contributed by atoms with Gasteiger partial charge in [-0.2, -0.15) is 0 Å². The van der Waals surface area contributed by atoms with E-state index in [1.807, 2.05) is 0 Å². The summed E-state index contributed by atoms with van der Waals surface area (Å²) in [4.78, 5) is 15.3. The Balaban J connectivity index is 1.97. The largest absolute Gasteiger partial charge is 0.381 e. The molecule has 1 aliphatic heterocycles. The molecule has 0 saturated carbocycles. The van der Waals surface area contributed by atoms with Gasteiger partial charge in [0.05, 0.1) is 12.2 Å². The lowest BCUT2D eigenvalue weighted by molar-refractivity contribution is 0.0941. The quantitative estimate of drug-likeness (QED) is 0.808. The average Bonchev–Trinajstić information content (AvgIpc) is 2.82. The van der Waals surface area contributed by atoms with E-state index in [2.05, 4.69) is 10.3 Å². The predicted molar refractivity (Wildman–Crippen MR) is 59.9 cm³/mol. The third kappa shape index (κ3) is 2.71. The molecule has 3 N–H and O–H groups in total. The number of hydrogen-bond acceptors (Lipinski definition) is 4. The van der Waals surface area contributed by atoms with Gasteiger partial charge >= 0.3 is 0 Å². The molecule has 0 aromatic carbocycles. The molecule has 5 nitrogen and oxygen atoms in total. The second-order valence-corrected chi connectivity index (χ2v) is 4.00. The molecule has 17 heavy (non-hydrogen) atoms. The van der Waals surface area contributed by atoms with Gasteiger partial charge in [0.2, 0.25) is 0 Å². The van der Waals surface area contributed by atoms with Crippen LogP contribution in [0.4, 0.5) is 10.2 Å². The van der Waals surface area contributed by atoms with Crippen LogP contribution >= 0.6 is 0 Å². The second kappa shape index (κ2) is 5.09. The first-order valence-electron chi connectivity index (χ1n) is 5.44. The fourth-order valence-corrected chi connectivity index (χ4v) is 1.71. The molecule has 0 spiro atoms. The third-order valence-corrected chi connectivity index (χ3v) is 2.74. The summed E-state index contributed by atoms with van der Waals surface area (Å²) in [5, 5.41) is 2.67. The van der Waals surface area contributed by atoms with Crippen molar-refractivity contribution in [3.8, 4) is 0 Å². The Labute approximate surface area is 98.2 Å². The molecule has 1 aromatic heterocycles. The Kier molecular flexibility index (Phi) is 3.53. The van der Waals surface area contributed by atoms with E-state index in [1.165, 1.54) is 12.3 Å². The lowest BCUT2D eigenvalue weighted by Crippen LogP contribution is -2.30. The van der Waals surface area contributed by atoms with Crippen molar-refractivity contribution in [3.63, 3.8) is 0 Å². The van der Waals surface area contributed by atoms with Gasteiger partial charge in [0, 0.05) is 25.3 Å². The van der Waals surface area contributed by atoms with Crippen molar-refractivity contribution >= 4 is 11.7 Å². The fraction of sp³-hybridized carbons (Fsp3) is 0.455. The molecule has 1 atom stereocenters. The summed E-state index contributed by atoms with van der Waals surface area (Å²) in [6.07, 6.45) is 2.23. The van der Waals surface area contributed by atoms with Crippen LogP contribution in [-0.4, -0.2) is 30.6 Å². The molecule has 6 heteroatoms. The highest BCUT2D eigenvalue weighted by molar-refractivity contribution is 5.95. The number of nitrogens with two attached hydrogens (primary N) is 1. The minimum Gasteiger partial charge on any atom is -0.381 e. The Morgan fingerprint density at radius 2 is 2.53 bits per heavy atom. The van der Waals surface area contributed by atoms with E-state index in [-0.39, 0.29) is 11.4 Å². The molecule has 1 unspecified atom stereocenters. The number of ether oxygens (including phenoxy) is 1. The van der Waals surface area contributed by atoms with E-state index >= 15 is 0 Å². The summed E-state index contributed by atoms with van der Waals surface area (Å²) in [5.41, 5.74) is 5.22. The Morgan fingerprint density at radius 3 is 3.24 bits per heavy atom. The molecule has 0 bridgehead atoms. The van der Waals surface area contributed by atoms with Gasteiger partial charge in [-0.3, -0.25) is 4.79 Å². The standard InChI is InChI=1S/C11H14FN3O2/c12-9-8(1-3-14-10(9)13)11(16)15-5-7-2-4-17-6-7/h1,3,7H,2,4-6H2,(H2,13,14)(H,15,16). The summed E-state index contributed by atoms with van der Waals surface area (Å²) in [7, 11) is 0. The smallest absolute Gasteiger partial charge is 0.254 e. The highest BCUT2D eigenvalue weighted by atomic mass is 19.1. The number of aromatic nitrogens is 1. The van der Waals surface area contributed by atoms with E-state index in [0.717, 1.165) is 13.0 Å². The summed E-state index contributed by atoms with van der Waals surface area (Å²) in [6, 6.07) is 1.31. The molecule has 1 saturated heterocycles. The molecular formula is C11H14FN3O2. The Bertz CT molecular complexity index is 419. The summed E-state index contributed by atoms with van der Waals surface area (Å²) in [5.74, 6) is -1.20. The van der Waals surface area contributed by atoms with Crippen LogP contribution in [0.1, 0.15) is 16.8 Å². The number of nitrogens with zero attached hydrogens (tertiary/aromatic N) is 1. The second-order valence-electron chi connectivity index (χ2n) is 4.00. The Morgan fingerprint density at radius 1 is 1.71 bits per heavy atom. The van der Waals surface area contributed by atoms with Crippen molar-refractivity contribution in [2.45, 2.75) is 6.42 Å². The number of hydrogen-bond donors (Lipinski definition) is 2. The number of rotatable bonds is 3. The van der Waals surface area contributed by atoms with Gasteiger partial charge in [-0.05, 0) is 12.5 Å². The van der Waals surface area contributed by atoms with E-state index in [1.54, 1.807) is 0 Å². The van der Waals surface area contributed by atoms with Gasteiger partial charge in [0.15, 0.2) is 11.6 Å². The first-order valence-corrected chi connectivity index (χ1v) is 5.44. The fourth-order valence-electron chi connectivity index (χ4n) is 1.71. The minimum atomic E-state index is -0.771. The van der Waals surface area contributed by atoms with Crippen molar-refractivity contribution in [2.75, 3.05) is 25.5 Å². The molecule has 1 amide bonds. The van der Waals surface area contributed by atoms with Gasteiger partial charge in [-0.25, -0.2) is 9.37 Å². The van der Waals surface area contributed by atoms with Crippen LogP contribution in [-0.2, 0) is 4.74 Å². The minimum absolute atomic E-state index is 0.0728. The number of nitrogen functional groups attached to an aromatic ring is 1. The molecule has 1 aliphatic rings. The highest BCUT2D eigenvalue weighted by Crippen LogP contribution is 2.13. The zero-order chi connectivity index (χ0) is 12.3. The van der Waals surface area contributed by atoms with Gasteiger partial charge in [-0.1, -0.05) is 0 Å². The van der Waals surface area contributed by atoms with Gasteiger partial charge in [0.1, 0.15) is 0 Å². The zero-order valence-corrected chi connectivity index (χ0v) is 9.28. The number of carbonyl (C=O) groups excluding carboxylic acids is 1. The van der Waals surface area contributed by atoms with E-state index in [4.69, 9.17) is 10.5 Å². The topological polar surface area (TPSA) is 77.2 Å². The number of carbonyl (C=O) groups is 1. The van der Waals surface area contributed by atoms with Crippen LogP contribution in [0, 0.1) is 11.7 Å². The van der Waals surface area contributed by atoms with Crippen molar-refractivity contribution < 1.29 is 13.9 Å². The summed E-state index contributed by atoms with van der Waals surface area (Å²) >= 11 is 0. The lowest BCUT2D eigenvalue weighted by atomic mass is 10.1. The number of nitrogens with one attached hydrogen (secondary N) is 1. The number of halogens is 1. The molecule has 2 heterocycles. The maximum absolute atomic E-state index is 13.5. The van der Waals surface area contributed by atoms with E-state index < -0.39 is 11.7 Å². The third-order valence-electron chi connectivity index (χ3n) is 2.74. The van der Waals surface area contributed by atoms with Crippen molar-refractivity contribution in [2.24, 2.45) is 5.92 Å². The zero-order valence-electron chi connectivity index (χ0n) is 9.28. The molecule has 0 radical (unpaired) electrons. The average molecular weight is 239 g/mol. The maximum atomic E-state index is 13.5. The molecular weight excluding hydrogens is 225 g/mol. The number of amides is 1. The first-order chi connectivity index (χ1) is 8.18. The van der Waals surface area contributed by atoms with E-state index in [9.17, 15) is 9.18 Å². The van der Waals surface area contributed by atoms with Crippen molar-refractivity contribution in [1.82, 2.24) is 10.3 Å². The highest BCUT2D eigenvalue weighted by Gasteiger charge is 2.19. The maximum Gasteiger partial charge on any atom is 0.254 e. The monoisotopic (exact) mass is 239 g/mol. The van der Waals surface area contributed by atoms with Crippen LogP contribution < -0.4 is 11.1 Å². The van der Waals surface area contributed by atoms with Crippen molar-refractivity contribution in [1.29, 1.82) is 0 Å². The van der Waals surface area contributed by atoms with Crippen molar-refractivity contribution in [3.05, 3.63) is 23.6 Å². The van der Waals surface area contributed by atoms with Gasteiger partial charge in [-0.15, -0.1) is 0 Å². The SMILES string of the molecule is Nc1nccc(C(=O)NCC2CCOC2)c1F. The molecule has 1 aromatic rings. The predicted octanol–water partition coefficient (Wildman–Crippen LogP) is 0.569. The van der Waals surface area contributed by atoms with E-state index in [0.29, 0.717) is 19.1 Å². The summed E-state index contributed by atoms with van der Waals surface area (Å²) in [6.45, 7) is 1.85. The molecule has 1 fully saturated rings. The van der Waals surface area contributed by atoms with Crippen LogP contribution in [0.15, 0.2) is 12.3 Å². The molecule has 0 aliphatic carbocycles. The Hall–Kier alpha value is -1.69. The summed E-state index contributed by atoms with van der Waals surface area (Å²) < 4.78 is 18.7. The molecule has 92 valence electrons. The van der Waals surface area contributed by atoms with Crippen LogP contribution in [0.5, 0.6) is 0 Å². The lowest BCUT2D eigenvalue weighted by Gasteiger charge is -2.10. The van der Waals surface area contributed by atoms with Gasteiger partial charge in [0.25, 0.3) is 5.91 Å². The number of anilines is 1. The van der Waals surface area contributed by atoms with Crippen LogP contribution in [0.25, 0.3) is 0 Å². The first kappa shape index (κ1) is 11.8. The molecule has 2 rings (SSSR count). The van der Waals surface area contributed by atoms with Gasteiger partial charge < -0.3 is 15.8 Å². The van der Waals surface area contributed by atoms with Crippen LogP contribution in [0.2, 0.25) is 0 Å². The number of pyridine rings is 1. The van der Waals surface area contributed by atoms with Crippen LogP contribution in [0.3, 0.4) is 0 Å².